The Morgan fingerprint density at radius 1 is 1.30 bits per heavy atom. The Balaban J connectivity index is 1.57. The van der Waals surface area contributed by atoms with E-state index in [2.05, 4.69) is 5.10 Å². The number of hydrogen-bond donors (Lipinski definition) is 0. The predicted octanol–water partition coefficient (Wildman–Crippen LogP) is 2.92. The number of fused-ring (bicyclic) bond motifs is 1. The van der Waals surface area contributed by atoms with Crippen LogP contribution in [0.25, 0.3) is 5.69 Å². The molecule has 0 spiro atoms. The highest BCUT2D eigenvalue weighted by atomic mass is 35.5. The molecule has 1 aliphatic heterocycles. The molecule has 2 atom stereocenters. The Bertz CT molecular complexity index is 730. The van der Waals surface area contributed by atoms with Gasteiger partial charge in [0.15, 0.2) is 5.69 Å². The Kier molecular flexibility index (Phi) is 3.83. The van der Waals surface area contributed by atoms with Gasteiger partial charge in [0, 0.05) is 17.8 Å². The van der Waals surface area contributed by atoms with Gasteiger partial charge in [-0.3, -0.25) is 4.79 Å². The van der Waals surface area contributed by atoms with Crippen molar-refractivity contribution < 1.29 is 9.53 Å². The molecule has 1 aromatic carbocycles. The molecule has 0 N–H and O–H groups in total. The number of hydrogen-bond acceptors (Lipinski definition) is 3. The van der Waals surface area contributed by atoms with Crippen molar-refractivity contribution in [2.24, 2.45) is 0 Å². The number of rotatable bonds is 2. The molecule has 5 nitrogen and oxygen atoms in total. The van der Waals surface area contributed by atoms with Crippen molar-refractivity contribution in [1.29, 1.82) is 0 Å². The van der Waals surface area contributed by atoms with Crippen molar-refractivity contribution in [2.75, 3.05) is 13.2 Å². The summed E-state index contributed by atoms with van der Waals surface area (Å²) in [5.41, 5.74) is 1.31. The van der Waals surface area contributed by atoms with Gasteiger partial charge in [0.25, 0.3) is 5.91 Å². The standard InChI is InChI=1S/C17H18ClN3O2/c18-12-3-1-4-13(11-12)21-8-7-14(19-21)17(22)20-9-10-23-16-6-2-5-15(16)20/h1,3-4,7-8,11,15-16H,2,5-6,9-10H2. The number of amides is 1. The summed E-state index contributed by atoms with van der Waals surface area (Å²) in [6, 6.07) is 9.38. The topological polar surface area (TPSA) is 47.4 Å². The van der Waals surface area contributed by atoms with Gasteiger partial charge in [-0.1, -0.05) is 17.7 Å². The summed E-state index contributed by atoms with van der Waals surface area (Å²) in [6.07, 6.45) is 5.18. The van der Waals surface area contributed by atoms with Crippen LogP contribution in [0.3, 0.4) is 0 Å². The van der Waals surface area contributed by atoms with E-state index in [4.69, 9.17) is 16.3 Å². The second-order valence-electron chi connectivity index (χ2n) is 6.03. The molecule has 2 aliphatic rings. The lowest BCUT2D eigenvalue weighted by atomic mass is 10.1. The minimum absolute atomic E-state index is 0.00835. The van der Waals surface area contributed by atoms with Crippen molar-refractivity contribution in [3.63, 3.8) is 0 Å². The molecule has 6 heteroatoms. The lowest BCUT2D eigenvalue weighted by Crippen LogP contribution is -2.51. The molecular weight excluding hydrogens is 314 g/mol. The second kappa shape index (κ2) is 5.98. The van der Waals surface area contributed by atoms with E-state index in [1.165, 1.54) is 0 Å². The zero-order valence-corrected chi connectivity index (χ0v) is 13.4. The number of carbonyl (C=O) groups excluding carboxylic acids is 1. The molecule has 1 saturated heterocycles. The van der Waals surface area contributed by atoms with Crippen LogP contribution in [0.4, 0.5) is 0 Å². The van der Waals surface area contributed by atoms with Crippen molar-refractivity contribution in [1.82, 2.24) is 14.7 Å². The van der Waals surface area contributed by atoms with Crippen LogP contribution in [0.1, 0.15) is 29.8 Å². The molecular formula is C17H18ClN3O2. The quantitative estimate of drug-likeness (QED) is 0.850. The molecule has 1 aromatic heterocycles. The molecule has 120 valence electrons. The maximum Gasteiger partial charge on any atom is 0.274 e. The minimum atomic E-state index is -0.00835. The summed E-state index contributed by atoms with van der Waals surface area (Å²) >= 11 is 6.02. The van der Waals surface area contributed by atoms with Crippen LogP contribution in [0, 0.1) is 0 Å². The third-order valence-electron chi connectivity index (χ3n) is 4.62. The van der Waals surface area contributed by atoms with Gasteiger partial charge in [0.2, 0.25) is 0 Å². The van der Waals surface area contributed by atoms with E-state index in [0.29, 0.717) is 23.9 Å². The van der Waals surface area contributed by atoms with E-state index < -0.39 is 0 Å². The molecule has 0 bridgehead atoms. The molecule has 4 rings (SSSR count). The maximum atomic E-state index is 12.8. The van der Waals surface area contributed by atoms with Gasteiger partial charge in [-0.05, 0) is 43.5 Å². The molecule has 2 fully saturated rings. The second-order valence-corrected chi connectivity index (χ2v) is 6.47. The summed E-state index contributed by atoms with van der Waals surface area (Å²) in [4.78, 5) is 14.8. The smallest absolute Gasteiger partial charge is 0.274 e. The monoisotopic (exact) mass is 331 g/mol. The van der Waals surface area contributed by atoms with Gasteiger partial charge in [0.05, 0.1) is 24.4 Å². The molecule has 2 heterocycles. The third-order valence-corrected chi connectivity index (χ3v) is 4.86. The fraction of sp³-hybridized carbons (Fsp3) is 0.412. The first-order chi connectivity index (χ1) is 11.2. The van der Waals surface area contributed by atoms with Crippen molar-refractivity contribution in [2.45, 2.75) is 31.4 Å². The Morgan fingerprint density at radius 2 is 2.22 bits per heavy atom. The van der Waals surface area contributed by atoms with Crippen LogP contribution in [-0.2, 0) is 4.74 Å². The van der Waals surface area contributed by atoms with Crippen LogP contribution in [-0.4, -0.2) is 45.9 Å². The van der Waals surface area contributed by atoms with Gasteiger partial charge >= 0.3 is 0 Å². The molecule has 0 radical (unpaired) electrons. The lowest BCUT2D eigenvalue weighted by molar-refractivity contribution is -0.0447. The van der Waals surface area contributed by atoms with E-state index in [9.17, 15) is 4.79 Å². The summed E-state index contributed by atoms with van der Waals surface area (Å²) in [5, 5.41) is 5.08. The van der Waals surface area contributed by atoms with Gasteiger partial charge in [-0.15, -0.1) is 0 Å². The number of ether oxygens (including phenoxy) is 1. The van der Waals surface area contributed by atoms with Crippen molar-refractivity contribution in [3.05, 3.63) is 47.2 Å². The van der Waals surface area contributed by atoms with Gasteiger partial charge in [-0.25, -0.2) is 4.68 Å². The molecule has 1 saturated carbocycles. The fourth-order valence-corrected chi connectivity index (χ4v) is 3.71. The highest BCUT2D eigenvalue weighted by Crippen LogP contribution is 2.30. The number of halogens is 1. The number of morpholine rings is 1. The van der Waals surface area contributed by atoms with Crippen molar-refractivity contribution in [3.8, 4) is 5.69 Å². The zero-order valence-electron chi connectivity index (χ0n) is 12.7. The SMILES string of the molecule is O=C(c1ccn(-c2cccc(Cl)c2)n1)N1CCOC2CCCC21. The number of carbonyl (C=O) groups is 1. The molecule has 23 heavy (non-hydrogen) atoms. The van der Waals surface area contributed by atoms with Gasteiger partial charge < -0.3 is 9.64 Å². The highest BCUT2D eigenvalue weighted by Gasteiger charge is 2.39. The largest absolute Gasteiger partial charge is 0.374 e. The van der Waals surface area contributed by atoms with Crippen LogP contribution in [0.15, 0.2) is 36.5 Å². The maximum absolute atomic E-state index is 12.8. The van der Waals surface area contributed by atoms with E-state index >= 15 is 0 Å². The average Bonchev–Trinajstić information content (AvgIpc) is 3.23. The summed E-state index contributed by atoms with van der Waals surface area (Å²) in [6.45, 7) is 1.26. The molecule has 2 aromatic rings. The van der Waals surface area contributed by atoms with Crippen molar-refractivity contribution >= 4 is 17.5 Å². The van der Waals surface area contributed by atoms with Crippen LogP contribution in [0.2, 0.25) is 5.02 Å². The first-order valence-corrected chi connectivity index (χ1v) is 8.34. The van der Waals surface area contributed by atoms with E-state index in [-0.39, 0.29) is 18.1 Å². The zero-order chi connectivity index (χ0) is 15.8. The van der Waals surface area contributed by atoms with E-state index in [0.717, 1.165) is 24.9 Å². The average molecular weight is 332 g/mol. The summed E-state index contributed by atoms with van der Waals surface area (Å²) < 4.78 is 7.46. The lowest BCUT2D eigenvalue weighted by Gasteiger charge is -2.37. The normalized spacial score (nSPS) is 23.8. The Labute approximate surface area is 139 Å². The van der Waals surface area contributed by atoms with Gasteiger partial charge in [0.1, 0.15) is 0 Å². The van der Waals surface area contributed by atoms with Crippen LogP contribution < -0.4 is 0 Å². The Morgan fingerprint density at radius 3 is 3.09 bits per heavy atom. The van der Waals surface area contributed by atoms with E-state index in [1.807, 2.05) is 29.2 Å². The number of benzene rings is 1. The summed E-state index contributed by atoms with van der Waals surface area (Å²) in [5.74, 6) is -0.00835. The Hall–Kier alpha value is -1.85. The predicted molar refractivity (Wildman–Crippen MR) is 87.0 cm³/mol. The molecule has 1 amide bonds. The van der Waals surface area contributed by atoms with Gasteiger partial charge in [-0.2, -0.15) is 5.10 Å². The van der Waals surface area contributed by atoms with Crippen LogP contribution in [0.5, 0.6) is 0 Å². The summed E-state index contributed by atoms with van der Waals surface area (Å²) in [7, 11) is 0. The third kappa shape index (κ3) is 2.75. The first kappa shape index (κ1) is 14.7. The minimum Gasteiger partial charge on any atom is -0.374 e. The molecule has 2 unspecified atom stereocenters. The number of aromatic nitrogens is 2. The van der Waals surface area contributed by atoms with E-state index in [1.54, 1.807) is 16.9 Å². The fourth-order valence-electron chi connectivity index (χ4n) is 3.53. The molecule has 1 aliphatic carbocycles. The van der Waals surface area contributed by atoms with Crippen LogP contribution >= 0.6 is 11.6 Å². The number of nitrogens with zero attached hydrogens (tertiary/aromatic N) is 3. The highest BCUT2D eigenvalue weighted by molar-refractivity contribution is 6.30. The first-order valence-electron chi connectivity index (χ1n) is 7.96.